The Morgan fingerprint density at radius 1 is 1.32 bits per heavy atom. The molecule has 2 aliphatic heterocycles. The molecule has 0 saturated carbocycles. The number of esters is 1. The molecule has 1 amide bonds. The van der Waals surface area contributed by atoms with Gasteiger partial charge in [0, 0.05) is 11.3 Å². The van der Waals surface area contributed by atoms with Crippen LogP contribution in [0.1, 0.15) is 38.2 Å². The molecule has 3 N–H and O–H groups in total. The van der Waals surface area contributed by atoms with Crippen molar-refractivity contribution in [1.82, 2.24) is 0 Å². The van der Waals surface area contributed by atoms with Gasteiger partial charge in [0.1, 0.15) is 5.57 Å². The number of anilines is 1. The standard InChI is InChI=1S/C19H20N2O4/c1-2-24-17(22)15-11-7-3-4-8-12(11)19(25-16(15)20)13-9-5-6-10-14(13)21-18(19)23/h5-6,9-10H,2-4,7-8,20H2,1H3,(H,21,23). The largest absolute Gasteiger partial charge is 0.462 e. The van der Waals surface area contributed by atoms with Crippen LogP contribution in [0.3, 0.4) is 0 Å². The second-order valence-electron chi connectivity index (χ2n) is 6.41. The summed E-state index contributed by atoms with van der Waals surface area (Å²) in [7, 11) is 0. The van der Waals surface area contributed by atoms with Crippen LogP contribution in [0.15, 0.2) is 46.9 Å². The highest BCUT2D eigenvalue weighted by Crippen LogP contribution is 2.52. The smallest absolute Gasteiger partial charge is 0.343 e. The fraction of sp³-hybridized carbons (Fsp3) is 0.368. The van der Waals surface area contributed by atoms with E-state index in [0.717, 1.165) is 35.2 Å². The van der Waals surface area contributed by atoms with Crippen LogP contribution in [0.5, 0.6) is 0 Å². The van der Waals surface area contributed by atoms with Crippen molar-refractivity contribution in [1.29, 1.82) is 0 Å². The Balaban J connectivity index is 1.93. The van der Waals surface area contributed by atoms with Gasteiger partial charge in [-0.1, -0.05) is 18.2 Å². The number of ether oxygens (including phenoxy) is 2. The number of fused-ring (bicyclic) bond motifs is 3. The molecule has 1 atom stereocenters. The molecule has 0 radical (unpaired) electrons. The summed E-state index contributed by atoms with van der Waals surface area (Å²) in [5, 5.41) is 2.89. The molecule has 6 heteroatoms. The highest BCUT2D eigenvalue weighted by Gasteiger charge is 2.56. The molecular weight excluding hydrogens is 320 g/mol. The van der Waals surface area contributed by atoms with E-state index >= 15 is 0 Å². The predicted molar refractivity (Wildman–Crippen MR) is 91.2 cm³/mol. The minimum Gasteiger partial charge on any atom is -0.462 e. The van der Waals surface area contributed by atoms with Crippen LogP contribution < -0.4 is 11.1 Å². The molecule has 1 spiro atoms. The fourth-order valence-corrected chi connectivity index (χ4v) is 4.06. The summed E-state index contributed by atoms with van der Waals surface area (Å²) in [6.07, 6.45) is 3.25. The molecule has 0 bridgehead atoms. The fourth-order valence-electron chi connectivity index (χ4n) is 4.06. The maximum atomic E-state index is 12.9. The van der Waals surface area contributed by atoms with Crippen molar-refractivity contribution in [2.45, 2.75) is 38.2 Å². The van der Waals surface area contributed by atoms with Gasteiger partial charge in [-0.25, -0.2) is 4.79 Å². The summed E-state index contributed by atoms with van der Waals surface area (Å²) in [4.78, 5) is 25.4. The van der Waals surface area contributed by atoms with Gasteiger partial charge in [0.25, 0.3) is 5.91 Å². The average Bonchev–Trinajstić information content (AvgIpc) is 2.88. The number of carbonyl (C=O) groups is 2. The normalized spacial score (nSPS) is 24.6. The first-order valence-corrected chi connectivity index (χ1v) is 8.59. The quantitative estimate of drug-likeness (QED) is 0.807. The zero-order valence-corrected chi connectivity index (χ0v) is 14.1. The topological polar surface area (TPSA) is 90.7 Å². The molecule has 0 saturated heterocycles. The number of para-hydroxylation sites is 1. The van der Waals surface area contributed by atoms with E-state index in [-0.39, 0.29) is 24.0 Å². The SMILES string of the molecule is CCOC(=O)C1=C(N)OC2(C(=O)Nc3ccccc32)C2=C1CCCC2. The molecule has 4 rings (SSSR count). The summed E-state index contributed by atoms with van der Waals surface area (Å²) >= 11 is 0. The summed E-state index contributed by atoms with van der Waals surface area (Å²) in [5.74, 6) is -0.782. The molecule has 3 aliphatic rings. The number of benzene rings is 1. The lowest BCUT2D eigenvalue weighted by atomic mass is 9.74. The molecule has 1 aromatic rings. The van der Waals surface area contributed by atoms with E-state index in [1.54, 1.807) is 6.92 Å². The van der Waals surface area contributed by atoms with E-state index in [9.17, 15) is 9.59 Å². The molecule has 25 heavy (non-hydrogen) atoms. The van der Waals surface area contributed by atoms with Gasteiger partial charge in [0.05, 0.1) is 6.61 Å². The zero-order valence-electron chi connectivity index (χ0n) is 14.1. The van der Waals surface area contributed by atoms with Gasteiger partial charge in [-0.05, 0) is 49.8 Å². The van der Waals surface area contributed by atoms with Crippen LogP contribution in [0.4, 0.5) is 5.69 Å². The number of hydrogen-bond acceptors (Lipinski definition) is 5. The minimum absolute atomic E-state index is 0.0362. The molecule has 130 valence electrons. The lowest BCUT2D eigenvalue weighted by molar-refractivity contribution is -0.140. The van der Waals surface area contributed by atoms with Gasteiger partial charge in [-0.2, -0.15) is 0 Å². The van der Waals surface area contributed by atoms with Crippen LogP contribution in [-0.4, -0.2) is 18.5 Å². The first-order chi connectivity index (χ1) is 12.1. The number of amides is 1. The first-order valence-electron chi connectivity index (χ1n) is 8.59. The van der Waals surface area contributed by atoms with E-state index in [2.05, 4.69) is 5.32 Å². The van der Waals surface area contributed by atoms with Crippen LogP contribution in [-0.2, 0) is 24.7 Å². The van der Waals surface area contributed by atoms with Crippen molar-refractivity contribution in [3.63, 3.8) is 0 Å². The van der Waals surface area contributed by atoms with E-state index in [1.807, 2.05) is 24.3 Å². The second-order valence-corrected chi connectivity index (χ2v) is 6.41. The summed E-state index contributed by atoms with van der Waals surface area (Å²) < 4.78 is 11.2. The van der Waals surface area contributed by atoms with Gasteiger partial charge < -0.3 is 20.5 Å². The van der Waals surface area contributed by atoms with Gasteiger partial charge in [0.15, 0.2) is 0 Å². The lowest BCUT2D eigenvalue weighted by Gasteiger charge is -2.39. The third-order valence-corrected chi connectivity index (χ3v) is 5.06. The zero-order chi connectivity index (χ0) is 17.6. The number of hydrogen-bond donors (Lipinski definition) is 2. The highest BCUT2D eigenvalue weighted by atomic mass is 16.5. The average molecular weight is 340 g/mol. The molecule has 1 aromatic carbocycles. The van der Waals surface area contributed by atoms with E-state index < -0.39 is 11.6 Å². The molecule has 1 unspecified atom stereocenters. The monoisotopic (exact) mass is 340 g/mol. The number of nitrogens with two attached hydrogens (primary N) is 1. The van der Waals surface area contributed by atoms with Crippen LogP contribution in [0.25, 0.3) is 0 Å². The van der Waals surface area contributed by atoms with Crippen LogP contribution >= 0.6 is 0 Å². The summed E-state index contributed by atoms with van der Waals surface area (Å²) in [5.41, 5.74) is 8.25. The Bertz CT molecular complexity index is 840. The molecular formula is C19H20N2O4. The van der Waals surface area contributed by atoms with Crippen molar-refractivity contribution >= 4 is 17.6 Å². The van der Waals surface area contributed by atoms with Crippen molar-refractivity contribution in [2.75, 3.05) is 11.9 Å². The minimum atomic E-state index is -1.27. The maximum Gasteiger partial charge on any atom is 0.343 e. The van der Waals surface area contributed by atoms with Crippen molar-refractivity contribution in [3.8, 4) is 0 Å². The predicted octanol–water partition coefficient (Wildman–Crippen LogP) is 2.47. The first kappa shape index (κ1) is 15.7. The van der Waals surface area contributed by atoms with E-state index in [1.165, 1.54) is 0 Å². The van der Waals surface area contributed by atoms with Gasteiger partial charge in [-0.15, -0.1) is 0 Å². The summed E-state index contributed by atoms with van der Waals surface area (Å²) in [6, 6.07) is 7.44. The van der Waals surface area contributed by atoms with Crippen LogP contribution in [0, 0.1) is 0 Å². The van der Waals surface area contributed by atoms with Crippen LogP contribution in [0.2, 0.25) is 0 Å². The molecule has 0 fully saturated rings. The number of carbonyl (C=O) groups excluding carboxylic acids is 2. The Kier molecular flexibility index (Phi) is 3.56. The second kappa shape index (κ2) is 5.65. The highest BCUT2D eigenvalue weighted by molar-refractivity contribution is 6.09. The van der Waals surface area contributed by atoms with E-state index in [0.29, 0.717) is 12.8 Å². The molecule has 2 heterocycles. The molecule has 0 aromatic heterocycles. The molecule has 6 nitrogen and oxygen atoms in total. The van der Waals surface area contributed by atoms with Gasteiger partial charge >= 0.3 is 5.97 Å². The summed E-state index contributed by atoms with van der Waals surface area (Å²) in [6.45, 7) is 2.00. The van der Waals surface area contributed by atoms with Crippen molar-refractivity contribution in [2.24, 2.45) is 5.73 Å². The molecule has 1 aliphatic carbocycles. The van der Waals surface area contributed by atoms with Crippen molar-refractivity contribution < 1.29 is 19.1 Å². The third kappa shape index (κ3) is 2.10. The Morgan fingerprint density at radius 3 is 2.88 bits per heavy atom. The van der Waals surface area contributed by atoms with Gasteiger partial charge in [0.2, 0.25) is 11.5 Å². The number of nitrogens with one attached hydrogen (secondary N) is 1. The Hall–Kier alpha value is -2.76. The number of rotatable bonds is 2. The van der Waals surface area contributed by atoms with Crippen molar-refractivity contribution in [3.05, 3.63) is 52.4 Å². The Labute approximate surface area is 145 Å². The van der Waals surface area contributed by atoms with Gasteiger partial charge in [-0.3, -0.25) is 4.79 Å². The van der Waals surface area contributed by atoms with E-state index in [4.69, 9.17) is 15.2 Å². The third-order valence-electron chi connectivity index (χ3n) is 5.06. The maximum absolute atomic E-state index is 12.9. The lowest BCUT2D eigenvalue weighted by Crippen LogP contribution is -2.45. The Morgan fingerprint density at radius 2 is 2.08 bits per heavy atom.